The van der Waals surface area contributed by atoms with Crippen LogP contribution in [0.2, 0.25) is 0 Å². The zero-order valence-electron chi connectivity index (χ0n) is 12.1. The Morgan fingerprint density at radius 3 is 2.17 bits per heavy atom. The summed E-state index contributed by atoms with van der Waals surface area (Å²) in [5.41, 5.74) is 1.18. The number of benzene rings is 2. The maximum absolute atomic E-state index is 9.08. The fraction of sp³-hybridized carbons (Fsp3) is 0. The third-order valence-corrected chi connectivity index (χ3v) is 3.03. The lowest BCUT2D eigenvalue weighted by atomic mass is 10.2. The van der Waals surface area contributed by atoms with Gasteiger partial charge < -0.3 is 9.47 Å². The highest BCUT2D eigenvalue weighted by atomic mass is 16.5. The average molecular weight is 302 g/mol. The van der Waals surface area contributed by atoms with Crippen LogP contribution >= 0.6 is 0 Å². The van der Waals surface area contributed by atoms with Crippen LogP contribution in [0, 0.1) is 18.3 Å². The number of rotatable bonds is 4. The van der Waals surface area contributed by atoms with Crippen LogP contribution in [0.5, 0.6) is 23.3 Å². The molecule has 0 saturated carbocycles. The van der Waals surface area contributed by atoms with Gasteiger partial charge in [0.25, 0.3) is 0 Å². The second-order valence-electron chi connectivity index (χ2n) is 4.61. The molecule has 1 radical (unpaired) electrons. The van der Waals surface area contributed by atoms with E-state index in [1.165, 1.54) is 6.33 Å². The average Bonchev–Trinajstić information content (AvgIpc) is 2.58. The fourth-order valence-electron chi connectivity index (χ4n) is 1.91. The predicted molar refractivity (Wildman–Crippen MR) is 84.2 cm³/mol. The second kappa shape index (κ2) is 6.58. The van der Waals surface area contributed by atoms with Gasteiger partial charge in [0.15, 0.2) is 0 Å². The summed E-state index contributed by atoms with van der Waals surface area (Å²) in [5, 5.41) is 9.08. The van der Waals surface area contributed by atoms with Crippen molar-refractivity contribution in [3.05, 3.63) is 79.0 Å². The van der Waals surface area contributed by atoms with Gasteiger partial charge in [-0.25, -0.2) is 9.97 Å². The Kier molecular flexibility index (Phi) is 4.16. The molecular formula is C18H12N3O2. The molecular weight excluding hydrogens is 290 g/mol. The summed E-state index contributed by atoms with van der Waals surface area (Å²) in [4.78, 5) is 8.09. The molecule has 5 nitrogen and oxygen atoms in total. The Labute approximate surface area is 133 Å². The van der Waals surface area contributed by atoms with Crippen molar-refractivity contribution in [3.8, 4) is 29.3 Å². The van der Waals surface area contributed by atoms with Gasteiger partial charge >= 0.3 is 0 Å². The highest BCUT2D eigenvalue weighted by molar-refractivity contribution is 5.44. The van der Waals surface area contributed by atoms with Gasteiger partial charge in [0.05, 0.1) is 11.6 Å². The molecule has 0 aliphatic rings. The van der Waals surface area contributed by atoms with E-state index in [0.717, 1.165) is 5.56 Å². The summed E-state index contributed by atoms with van der Waals surface area (Å²) in [6, 6.07) is 17.9. The number of hydrogen-bond donors (Lipinski definition) is 0. The lowest BCUT2D eigenvalue weighted by molar-refractivity contribution is 0.432. The van der Waals surface area contributed by atoms with Crippen molar-refractivity contribution in [2.45, 2.75) is 0 Å². The van der Waals surface area contributed by atoms with Crippen LogP contribution in [-0.4, -0.2) is 9.97 Å². The highest BCUT2D eigenvalue weighted by Crippen LogP contribution is 2.27. The quantitative estimate of drug-likeness (QED) is 0.725. The van der Waals surface area contributed by atoms with Crippen molar-refractivity contribution in [2.75, 3.05) is 0 Å². The zero-order chi connectivity index (χ0) is 16.1. The summed E-state index contributed by atoms with van der Waals surface area (Å²) in [6.45, 7) is 3.89. The number of hydrogen-bond acceptors (Lipinski definition) is 5. The first kappa shape index (κ1) is 14.5. The molecule has 2 aromatic carbocycles. The number of ether oxygens (including phenoxy) is 2. The molecule has 3 rings (SSSR count). The molecule has 5 heteroatoms. The lowest BCUT2D eigenvalue weighted by Crippen LogP contribution is -1.94. The van der Waals surface area contributed by atoms with Crippen LogP contribution in [0.4, 0.5) is 0 Å². The van der Waals surface area contributed by atoms with Gasteiger partial charge in [-0.1, -0.05) is 30.3 Å². The van der Waals surface area contributed by atoms with E-state index in [1.807, 2.05) is 18.2 Å². The standard InChI is InChI=1S/C18H12N3O2/c1-13-6-2-4-8-15(13)22-17-10-18(21-12-20-17)23-16-9-5-3-7-14(16)11-19/h2-10,12H,1H2. The Hall–Kier alpha value is -3.39. The van der Waals surface area contributed by atoms with Crippen LogP contribution in [0.3, 0.4) is 0 Å². The zero-order valence-corrected chi connectivity index (χ0v) is 12.1. The minimum atomic E-state index is 0.291. The van der Waals surface area contributed by atoms with Crippen molar-refractivity contribution in [2.24, 2.45) is 0 Å². The van der Waals surface area contributed by atoms with Crippen LogP contribution in [0.25, 0.3) is 0 Å². The fourth-order valence-corrected chi connectivity index (χ4v) is 1.91. The maximum Gasteiger partial charge on any atom is 0.226 e. The maximum atomic E-state index is 9.08. The van der Waals surface area contributed by atoms with Gasteiger partial charge in [0, 0.05) is 0 Å². The monoisotopic (exact) mass is 302 g/mol. The van der Waals surface area contributed by atoms with E-state index in [9.17, 15) is 0 Å². The van der Waals surface area contributed by atoms with Gasteiger partial charge in [0.1, 0.15) is 23.9 Å². The van der Waals surface area contributed by atoms with Crippen molar-refractivity contribution in [1.82, 2.24) is 9.97 Å². The number of aromatic nitrogens is 2. The van der Waals surface area contributed by atoms with Crippen LogP contribution in [0.1, 0.15) is 11.1 Å². The molecule has 23 heavy (non-hydrogen) atoms. The van der Waals surface area contributed by atoms with Crippen molar-refractivity contribution in [1.29, 1.82) is 5.26 Å². The summed E-state index contributed by atoms with van der Waals surface area (Å²) < 4.78 is 11.3. The summed E-state index contributed by atoms with van der Waals surface area (Å²) >= 11 is 0. The minimum absolute atomic E-state index is 0.291. The van der Waals surface area contributed by atoms with E-state index in [-0.39, 0.29) is 0 Å². The molecule has 0 unspecified atom stereocenters. The first-order valence-corrected chi connectivity index (χ1v) is 6.84. The first-order valence-electron chi connectivity index (χ1n) is 6.84. The van der Waals surface area contributed by atoms with Crippen LogP contribution in [0.15, 0.2) is 60.9 Å². The van der Waals surface area contributed by atoms with Gasteiger partial charge in [-0.15, -0.1) is 0 Å². The molecule has 0 spiro atoms. The van der Waals surface area contributed by atoms with Crippen molar-refractivity contribution in [3.63, 3.8) is 0 Å². The summed E-state index contributed by atoms with van der Waals surface area (Å²) in [6.07, 6.45) is 1.34. The molecule has 3 aromatic rings. The van der Waals surface area contributed by atoms with E-state index in [1.54, 1.807) is 36.4 Å². The Morgan fingerprint density at radius 2 is 1.48 bits per heavy atom. The molecule has 111 valence electrons. The van der Waals surface area contributed by atoms with Gasteiger partial charge in [-0.2, -0.15) is 5.26 Å². The molecule has 0 saturated heterocycles. The molecule has 0 amide bonds. The predicted octanol–water partition coefficient (Wildman–Crippen LogP) is 4.12. The molecule has 0 atom stereocenters. The van der Waals surface area contributed by atoms with Gasteiger partial charge in [-0.3, -0.25) is 0 Å². The van der Waals surface area contributed by atoms with Crippen molar-refractivity contribution >= 4 is 0 Å². The normalized spacial score (nSPS) is 9.91. The summed E-state index contributed by atoms with van der Waals surface area (Å²) in [7, 11) is 0. The molecule has 0 bridgehead atoms. The molecule has 1 aromatic heterocycles. The molecule has 0 aliphatic carbocycles. The van der Waals surface area contributed by atoms with E-state index in [4.69, 9.17) is 14.7 Å². The van der Waals surface area contributed by atoms with Gasteiger partial charge in [-0.05, 0) is 30.7 Å². The summed E-state index contributed by atoms with van der Waals surface area (Å²) in [5.74, 6) is 1.66. The molecule has 0 aliphatic heterocycles. The Bertz CT molecular complexity index is 872. The third-order valence-electron chi connectivity index (χ3n) is 3.03. The SMILES string of the molecule is [CH2]c1ccccc1Oc1cc(Oc2ccccc2C#N)ncn1. The van der Waals surface area contributed by atoms with Crippen LogP contribution < -0.4 is 9.47 Å². The molecule has 0 N–H and O–H groups in total. The highest BCUT2D eigenvalue weighted by Gasteiger charge is 2.08. The van der Waals surface area contributed by atoms with Crippen molar-refractivity contribution < 1.29 is 9.47 Å². The topological polar surface area (TPSA) is 68.0 Å². The lowest BCUT2D eigenvalue weighted by Gasteiger charge is -2.09. The number of nitrogens with zero attached hydrogens (tertiary/aromatic N) is 3. The second-order valence-corrected chi connectivity index (χ2v) is 4.61. The van der Waals surface area contributed by atoms with Gasteiger partial charge in [0.2, 0.25) is 11.8 Å². The van der Waals surface area contributed by atoms with E-state index in [2.05, 4.69) is 23.0 Å². The Balaban J connectivity index is 1.83. The molecule has 0 fully saturated rings. The van der Waals surface area contributed by atoms with E-state index >= 15 is 0 Å². The van der Waals surface area contributed by atoms with E-state index in [0.29, 0.717) is 28.8 Å². The van der Waals surface area contributed by atoms with E-state index < -0.39 is 0 Å². The first-order chi connectivity index (χ1) is 11.3. The largest absolute Gasteiger partial charge is 0.438 e. The number of para-hydroxylation sites is 2. The smallest absolute Gasteiger partial charge is 0.226 e. The minimum Gasteiger partial charge on any atom is -0.438 e. The third kappa shape index (κ3) is 3.44. The molecule has 1 heterocycles. The van der Waals surface area contributed by atoms with Crippen LogP contribution in [-0.2, 0) is 0 Å². The number of nitriles is 1. The Morgan fingerprint density at radius 1 is 0.870 bits per heavy atom.